The monoisotopic (exact) mass is 379 g/mol. The number of carbonyl (C=O) groups is 1. The fraction of sp³-hybridized carbons (Fsp3) is 0.278. The Morgan fingerprint density at radius 2 is 1.65 bits per heavy atom. The number of sulfonamides is 1. The van der Waals surface area contributed by atoms with Crippen molar-refractivity contribution in [3.8, 4) is 11.5 Å². The molecule has 2 rings (SSSR count). The van der Waals surface area contributed by atoms with Crippen molar-refractivity contribution in [2.75, 3.05) is 28.3 Å². The van der Waals surface area contributed by atoms with E-state index in [4.69, 9.17) is 14.2 Å². The van der Waals surface area contributed by atoms with Crippen LogP contribution in [0.5, 0.6) is 11.5 Å². The van der Waals surface area contributed by atoms with Gasteiger partial charge < -0.3 is 14.2 Å². The van der Waals surface area contributed by atoms with Crippen LogP contribution < -0.4 is 9.47 Å². The van der Waals surface area contributed by atoms with Gasteiger partial charge in [0, 0.05) is 19.7 Å². The van der Waals surface area contributed by atoms with Crippen molar-refractivity contribution in [2.45, 2.75) is 11.5 Å². The number of ether oxygens (including phenoxy) is 3. The molecule has 0 saturated carbocycles. The number of carbonyl (C=O) groups excluding carboxylic acids is 1. The van der Waals surface area contributed by atoms with Gasteiger partial charge in [0.1, 0.15) is 6.61 Å². The van der Waals surface area contributed by atoms with Gasteiger partial charge in [-0.15, -0.1) is 0 Å². The fourth-order valence-corrected chi connectivity index (χ4v) is 3.17. The van der Waals surface area contributed by atoms with E-state index in [1.165, 1.54) is 52.6 Å². The molecule has 0 radical (unpaired) electrons. The normalized spacial score (nSPS) is 11.3. The topological polar surface area (TPSA) is 82.1 Å². The Bertz CT molecular complexity index is 875. The van der Waals surface area contributed by atoms with Crippen LogP contribution in [0.15, 0.2) is 47.4 Å². The minimum atomic E-state index is -3.54. The lowest BCUT2D eigenvalue weighted by molar-refractivity contribution is 0.0469. The van der Waals surface area contributed by atoms with E-state index in [0.29, 0.717) is 17.1 Å². The predicted octanol–water partition coefficient (Wildman–Crippen LogP) is 2.31. The Hall–Kier alpha value is -2.58. The minimum absolute atomic E-state index is 0.00302. The van der Waals surface area contributed by atoms with Crippen LogP contribution in [0.4, 0.5) is 0 Å². The van der Waals surface area contributed by atoms with Gasteiger partial charge in [-0.3, -0.25) is 0 Å². The first-order chi connectivity index (χ1) is 12.3. The summed E-state index contributed by atoms with van der Waals surface area (Å²) in [6.07, 6.45) is 0. The molecule has 0 spiro atoms. The van der Waals surface area contributed by atoms with Crippen molar-refractivity contribution >= 4 is 16.0 Å². The third-order valence-corrected chi connectivity index (χ3v) is 5.54. The average molecular weight is 379 g/mol. The molecule has 0 atom stereocenters. The molecule has 26 heavy (non-hydrogen) atoms. The SMILES string of the molecule is COc1cccc(COC(=O)c2ccc(S(=O)(=O)N(C)C)cc2)c1OC. The smallest absolute Gasteiger partial charge is 0.338 e. The number of hydrogen-bond donors (Lipinski definition) is 0. The van der Waals surface area contributed by atoms with Gasteiger partial charge in [-0.2, -0.15) is 0 Å². The Labute approximate surface area is 153 Å². The molecule has 7 nitrogen and oxygen atoms in total. The summed E-state index contributed by atoms with van der Waals surface area (Å²) in [6.45, 7) is -0.00302. The zero-order valence-corrected chi connectivity index (χ0v) is 15.9. The quantitative estimate of drug-likeness (QED) is 0.687. The van der Waals surface area contributed by atoms with E-state index < -0.39 is 16.0 Å². The molecule has 0 aliphatic heterocycles. The maximum atomic E-state index is 12.2. The van der Waals surface area contributed by atoms with Crippen LogP contribution in [0.2, 0.25) is 0 Å². The number of rotatable bonds is 7. The Balaban J connectivity index is 2.12. The molecule has 140 valence electrons. The third-order valence-electron chi connectivity index (χ3n) is 3.71. The number of benzene rings is 2. The average Bonchev–Trinajstić information content (AvgIpc) is 2.65. The van der Waals surface area contributed by atoms with Crippen molar-refractivity contribution in [1.29, 1.82) is 0 Å². The van der Waals surface area contributed by atoms with E-state index in [0.717, 1.165) is 4.31 Å². The largest absolute Gasteiger partial charge is 0.493 e. The summed E-state index contributed by atoms with van der Waals surface area (Å²) in [5.41, 5.74) is 0.913. The van der Waals surface area contributed by atoms with Crippen LogP contribution in [-0.4, -0.2) is 47.0 Å². The molecule has 0 unspecified atom stereocenters. The molecule has 2 aromatic rings. The molecule has 0 aliphatic carbocycles. The molecular formula is C18H21NO6S. The van der Waals surface area contributed by atoms with Crippen molar-refractivity contribution in [2.24, 2.45) is 0 Å². The zero-order chi connectivity index (χ0) is 19.3. The number of methoxy groups -OCH3 is 2. The molecule has 2 aromatic carbocycles. The molecule has 8 heteroatoms. The Kier molecular flexibility index (Phi) is 6.23. The van der Waals surface area contributed by atoms with Crippen LogP contribution in [-0.2, 0) is 21.4 Å². The number of para-hydroxylation sites is 1. The second-order valence-corrected chi connectivity index (χ2v) is 7.69. The number of hydrogen-bond acceptors (Lipinski definition) is 6. The van der Waals surface area contributed by atoms with Crippen LogP contribution in [0.1, 0.15) is 15.9 Å². The van der Waals surface area contributed by atoms with E-state index in [1.54, 1.807) is 18.2 Å². The molecule has 0 bridgehead atoms. The summed E-state index contributed by atoms with van der Waals surface area (Å²) < 4.78 is 41.0. The zero-order valence-electron chi connectivity index (χ0n) is 15.1. The molecule has 0 heterocycles. The molecule has 0 aliphatic rings. The van der Waals surface area contributed by atoms with Crippen molar-refractivity contribution in [3.63, 3.8) is 0 Å². The lowest BCUT2D eigenvalue weighted by Crippen LogP contribution is -2.22. The fourth-order valence-electron chi connectivity index (χ4n) is 2.27. The van der Waals surface area contributed by atoms with E-state index >= 15 is 0 Å². The Morgan fingerprint density at radius 1 is 1.00 bits per heavy atom. The minimum Gasteiger partial charge on any atom is -0.493 e. The standard InChI is InChI=1S/C18H21NO6S/c1-19(2)26(21,22)15-10-8-13(9-11-15)18(20)25-12-14-6-5-7-16(23-3)17(14)24-4/h5-11H,12H2,1-4H3. The van der Waals surface area contributed by atoms with Gasteiger partial charge in [-0.25, -0.2) is 17.5 Å². The van der Waals surface area contributed by atoms with Crippen molar-refractivity contribution < 1.29 is 27.4 Å². The molecular weight excluding hydrogens is 358 g/mol. The van der Waals surface area contributed by atoms with Crippen LogP contribution in [0, 0.1) is 0 Å². The number of nitrogens with zero attached hydrogens (tertiary/aromatic N) is 1. The second kappa shape index (κ2) is 8.20. The molecule has 0 saturated heterocycles. The van der Waals surface area contributed by atoms with Gasteiger partial charge in [0.25, 0.3) is 0 Å². The van der Waals surface area contributed by atoms with Crippen molar-refractivity contribution in [3.05, 3.63) is 53.6 Å². The van der Waals surface area contributed by atoms with E-state index in [-0.39, 0.29) is 17.1 Å². The lowest BCUT2D eigenvalue weighted by atomic mass is 10.2. The van der Waals surface area contributed by atoms with Crippen molar-refractivity contribution in [1.82, 2.24) is 4.31 Å². The molecule has 0 N–H and O–H groups in total. The maximum Gasteiger partial charge on any atom is 0.338 e. The summed E-state index contributed by atoms with van der Waals surface area (Å²) in [6, 6.07) is 10.9. The predicted molar refractivity (Wildman–Crippen MR) is 96.0 cm³/mol. The van der Waals surface area contributed by atoms with Crippen LogP contribution >= 0.6 is 0 Å². The summed E-state index contributed by atoms with van der Waals surface area (Å²) in [7, 11) is 2.38. The summed E-state index contributed by atoms with van der Waals surface area (Å²) in [5, 5.41) is 0. The van der Waals surface area contributed by atoms with E-state index in [2.05, 4.69) is 0 Å². The van der Waals surface area contributed by atoms with Gasteiger partial charge in [0.05, 0.1) is 24.7 Å². The first kappa shape index (κ1) is 19.7. The lowest BCUT2D eigenvalue weighted by Gasteiger charge is -2.13. The van der Waals surface area contributed by atoms with Gasteiger partial charge in [-0.1, -0.05) is 12.1 Å². The van der Waals surface area contributed by atoms with Gasteiger partial charge in [0.15, 0.2) is 11.5 Å². The van der Waals surface area contributed by atoms with Gasteiger partial charge in [-0.05, 0) is 30.3 Å². The first-order valence-electron chi connectivity index (χ1n) is 7.71. The highest BCUT2D eigenvalue weighted by Gasteiger charge is 2.18. The van der Waals surface area contributed by atoms with E-state index in [1.807, 2.05) is 0 Å². The first-order valence-corrected chi connectivity index (χ1v) is 9.15. The second-order valence-electron chi connectivity index (χ2n) is 5.54. The van der Waals surface area contributed by atoms with Gasteiger partial charge in [0.2, 0.25) is 10.0 Å². The maximum absolute atomic E-state index is 12.2. The highest BCUT2D eigenvalue weighted by molar-refractivity contribution is 7.89. The van der Waals surface area contributed by atoms with Crippen LogP contribution in [0.3, 0.4) is 0 Å². The molecule has 0 fully saturated rings. The third kappa shape index (κ3) is 4.14. The van der Waals surface area contributed by atoms with E-state index in [9.17, 15) is 13.2 Å². The summed E-state index contributed by atoms with van der Waals surface area (Å²) in [5.74, 6) is 0.471. The van der Waals surface area contributed by atoms with Gasteiger partial charge >= 0.3 is 5.97 Å². The number of esters is 1. The Morgan fingerprint density at radius 3 is 2.19 bits per heavy atom. The van der Waals surface area contributed by atoms with Crippen LogP contribution in [0.25, 0.3) is 0 Å². The summed E-state index contributed by atoms with van der Waals surface area (Å²) in [4.78, 5) is 12.3. The highest BCUT2D eigenvalue weighted by Crippen LogP contribution is 2.31. The summed E-state index contributed by atoms with van der Waals surface area (Å²) >= 11 is 0. The molecule has 0 amide bonds. The highest BCUT2D eigenvalue weighted by atomic mass is 32.2. The molecule has 0 aromatic heterocycles.